The second-order valence-electron chi connectivity index (χ2n) is 3.70. The molecule has 0 aliphatic rings. The van der Waals surface area contributed by atoms with Crippen LogP contribution < -0.4 is 10.1 Å². The summed E-state index contributed by atoms with van der Waals surface area (Å²) in [5.74, 6) is 0.305. The van der Waals surface area contributed by atoms with E-state index in [9.17, 15) is 4.79 Å². The Labute approximate surface area is 119 Å². The van der Waals surface area contributed by atoms with Crippen LogP contribution in [0.15, 0.2) is 41.3 Å². The van der Waals surface area contributed by atoms with E-state index in [2.05, 4.69) is 31.2 Å². The van der Waals surface area contributed by atoms with Crippen molar-refractivity contribution in [2.45, 2.75) is 6.54 Å². The monoisotopic (exact) mass is 321 g/mol. The average molecular weight is 322 g/mol. The molecule has 0 atom stereocenters. The molecule has 2 rings (SSSR count). The molecular weight excluding hydrogens is 310 g/mol. The summed E-state index contributed by atoms with van der Waals surface area (Å²) in [6.45, 7) is 0.344. The first-order chi connectivity index (χ1) is 9.22. The van der Waals surface area contributed by atoms with Gasteiger partial charge in [0, 0.05) is 24.5 Å². The summed E-state index contributed by atoms with van der Waals surface area (Å²) in [7, 11) is 1.55. The third-order valence-electron chi connectivity index (χ3n) is 2.49. The molecule has 0 fully saturated rings. The molecule has 5 nitrogen and oxygen atoms in total. The molecule has 6 heteroatoms. The van der Waals surface area contributed by atoms with Crippen LogP contribution in [-0.4, -0.2) is 23.0 Å². The van der Waals surface area contributed by atoms with Gasteiger partial charge in [0.2, 0.25) is 5.88 Å². The van der Waals surface area contributed by atoms with Gasteiger partial charge in [-0.15, -0.1) is 0 Å². The van der Waals surface area contributed by atoms with E-state index in [0.29, 0.717) is 22.6 Å². The fourth-order valence-electron chi connectivity index (χ4n) is 1.57. The molecule has 0 radical (unpaired) electrons. The highest BCUT2D eigenvalue weighted by molar-refractivity contribution is 9.10. The van der Waals surface area contributed by atoms with Crippen LogP contribution >= 0.6 is 15.9 Å². The van der Waals surface area contributed by atoms with Crippen molar-refractivity contribution >= 4 is 21.8 Å². The topological polar surface area (TPSA) is 64.1 Å². The summed E-state index contributed by atoms with van der Waals surface area (Å²) in [5.41, 5.74) is 1.31. The van der Waals surface area contributed by atoms with E-state index in [-0.39, 0.29) is 5.91 Å². The lowest BCUT2D eigenvalue weighted by Gasteiger charge is -2.09. The van der Waals surface area contributed by atoms with Crippen LogP contribution in [0.2, 0.25) is 0 Å². The van der Waals surface area contributed by atoms with Gasteiger partial charge in [-0.3, -0.25) is 4.79 Å². The van der Waals surface area contributed by atoms with Crippen LogP contribution in [0.1, 0.15) is 15.9 Å². The van der Waals surface area contributed by atoms with Crippen molar-refractivity contribution in [3.05, 3.63) is 52.4 Å². The van der Waals surface area contributed by atoms with Gasteiger partial charge < -0.3 is 10.1 Å². The fourth-order valence-corrected chi connectivity index (χ4v) is 2.00. The Bertz CT molecular complexity index is 590. The summed E-state index contributed by atoms with van der Waals surface area (Å²) < 4.78 is 5.64. The van der Waals surface area contributed by atoms with Crippen molar-refractivity contribution in [3.8, 4) is 5.88 Å². The lowest BCUT2D eigenvalue weighted by molar-refractivity contribution is 0.0949. The quantitative estimate of drug-likeness (QED) is 0.877. The van der Waals surface area contributed by atoms with Crippen molar-refractivity contribution in [1.82, 2.24) is 15.3 Å². The Morgan fingerprint density at radius 3 is 2.79 bits per heavy atom. The maximum absolute atomic E-state index is 12.0. The van der Waals surface area contributed by atoms with Gasteiger partial charge in [0.05, 0.1) is 12.7 Å². The molecule has 0 saturated heterocycles. The van der Waals surface area contributed by atoms with Crippen LogP contribution in [0.25, 0.3) is 0 Å². The lowest BCUT2D eigenvalue weighted by Crippen LogP contribution is -2.23. The van der Waals surface area contributed by atoms with E-state index >= 15 is 0 Å². The molecule has 1 N–H and O–H groups in total. The normalized spacial score (nSPS) is 10.0. The second kappa shape index (κ2) is 6.29. The zero-order valence-electron chi connectivity index (χ0n) is 10.3. The number of rotatable bonds is 4. The minimum atomic E-state index is -0.203. The van der Waals surface area contributed by atoms with Gasteiger partial charge in [0.25, 0.3) is 5.91 Å². The Hall–Kier alpha value is -1.95. The van der Waals surface area contributed by atoms with Gasteiger partial charge in [0.15, 0.2) is 0 Å². The van der Waals surface area contributed by atoms with Crippen LogP contribution in [0, 0.1) is 0 Å². The highest BCUT2D eigenvalue weighted by Gasteiger charge is 2.11. The van der Waals surface area contributed by atoms with Gasteiger partial charge >= 0.3 is 0 Å². The third kappa shape index (κ3) is 3.29. The van der Waals surface area contributed by atoms with Gasteiger partial charge in [0.1, 0.15) is 4.60 Å². The predicted molar refractivity (Wildman–Crippen MR) is 73.9 cm³/mol. The summed E-state index contributed by atoms with van der Waals surface area (Å²) in [6.07, 6.45) is 3.26. The third-order valence-corrected chi connectivity index (χ3v) is 3.12. The number of nitrogens with one attached hydrogen (secondary N) is 1. The first-order valence-corrected chi connectivity index (χ1v) is 6.38. The van der Waals surface area contributed by atoms with Crippen LogP contribution in [0.3, 0.4) is 0 Å². The molecule has 0 aliphatic carbocycles. The molecule has 2 heterocycles. The Morgan fingerprint density at radius 1 is 1.32 bits per heavy atom. The maximum Gasteiger partial charge on any atom is 0.254 e. The maximum atomic E-state index is 12.0. The van der Waals surface area contributed by atoms with Crippen molar-refractivity contribution in [3.63, 3.8) is 0 Å². The largest absolute Gasteiger partial charge is 0.481 e. The molecule has 0 bridgehead atoms. The molecule has 0 spiro atoms. The molecular formula is C13H12BrN3O2. The number of ether oxygens (including phenoxy) is 1. The SMILES string of the molecule is COc1ncccc1CNC(=O)c1cccnc1Br. The smallest absolute Gasteiger partial charge is 0.254 e. The number of nitrogens with zero attached hydrogens (tertiary/aromatic N) is 2. The van der Waals surface area contributed by atoms with Crippen LogP contribution in [0.4, 0.5) is 0 Å². The van der Waals surface area contributed by atoms with E-state index in [1.165, 1.54) is 0 Å². The van der Waals surface area contributed by atoms with Gasteiger partial charge in [-0.1, -0.05) is 6.07 Å². The zero-order chi connectivity index (χ0) is 13.7. The van der Waals surface area contributed by atoms with Crippen molar-refractivity contribution < 1.29 is 9.53 Å². The minimum absolute atomic E-state index is 0.203. The van der Waals surface area contributed by atoms with Crippen molar-refractivity contribution in [1.29, 1.82) is 0 Å². The molecule has 1 amide bonds. The van der Waals surface area contributed by atoms with Crippen LogP contribution in [-0.2, 0) is 6.54 Å². The van der Waals surface area contributed by atoms with E-state index in [1.54, 1.807) is 37.7 Å². The summed E-state index contributed by atoms with van der Waals surface area (Å²) in [4.78, 5) is 20.1. The molecule has 0 saturated carbocycles. The molecule has 2 aromatic rings. The molecule has 19 heavy (non-hydrogen) atoms. The number of hydrogen-bond acceptors (Lipinski definition) is 4. The van der Waals surface area contributed by atoms with Gasteiger partial charge in [-0.2, -0.15) is 0 Å². The first kappa shape index (κ1) is 13.5. The highest BCUT2D eigenvalue weighted by atomic mass is 79.9. The standard InChI is InChI=1S/C13H12BrN3O2/c1-19-13-9(4-2-7-16-13)8-17-12(18)10-5-3-6-15-11(10)14/h2-7H,8H2,1H3,(H,17,18). The molecule has 2 aromatic heterocycles. The van der Waals surface area contributed by atoms with E-state index < -0.39 is 0 Å². The first-order valence-electron chi connectivity index (χ1n) is 5.59. The van der Waals surface area contributed by atoms with E-state index in [0.717, 1.165) is 5.56 Å². The number of methoxy groups -OCH3 is 1. The summed E-state index contributed by atoms with van der Waals surface area (Å²) in [6, 6.07) is 7.06. The molecule has 0 aliphatic heterocycles. The summed E-state index contributed by atoms with van der Waals surface area (Å²) >= 11 is 3.24. The van der Waals surface area contributed by atoms with E-state index in [1.807, 2.05) is 6.07 Å². The number of pyridine rings is 2. The average Bonchev–Trinajstić information content (AvgIpc) is 2.45. The van der Waals surface area contributed by atoms with Crippen molar-refractivity contribution in [2.75, 3.05) is 7.11 Å². The molecule has 0 aromatic carbocycles. The Balaban J connectivity index is 2.07. The number of hydrogen-bond donors (Lipinski definition) is 1. The van der Waals surface area contributed by atoms with Crippen molar-refractivity contribution in [2.24, 2.45) is 0 Å². The number of amides is 1. The summed E-state index contributed by atoms with van der Waals surface area (Å²) in [5, 5.41) is 2.80. The van der Waals surface area contributed by atoms with E-state index in [4.69, 9.17) is 4.74 Å². The Morgan fingerprint density at radius 2 is 2.05 bits per heavy atom. The number of aromatic nitrogens is 2. The molecule has 0 unspecified atom stereocenters. The number of halogens is 1. The predicted octanol–water partition coefficient (Wildman–Crippen LogP) is 2.18. The highest BCUT2D eigenvalue weighted by Crippen LogP contribution is 2.15. The fraction of sp³-hybridized carbons (Fsp3) is 0.154. The number of carbonyl (C=O) groups is 1. The zero-order valence-corrected chi connectivity index (χ0v) is 11.8. The van der Waals surface area contributed by atoms with Gasteiger partial charge in [-0.25, -0.2) is 9.97 Å². The van der Waals surface area contributed by atoms with Crippen LogP contribution in [0.5, 0.6) is 5.88 Å². The number of carbonyl (C=O) groups excluding carboxylic acids is 1. The van der Waals surface area contributed by atoms with Gasteiger partial charge in [-0.05, 0) is 34.1 Å². The molecule has 98 valence electrons. The second-order valence-corrected chi connectivity index (χ2v) is 4.45. The minimum Gasteiger partial charge on any atom is -0.481 e. The Kier molecular flexibility index (Phi) is 4.46. The lowest BCUT2D eigenvalue weighted by atomic mass is 10.2.